The molecule has 5 nitrogen and oxygen atoms in total. The molecule has 1 aromatic rings. The summed E-state index contributed by atoms with van der Waals surface area (Å²) in [7, 11) is -3.17. The Kier molecular flexibility index (Phi) is 6.68. The molecule has 0 bridgehead atoms. The predicted molar refractivity (Wildman–Crippen MR) is 85.2 cm³/mol. The topological polar surface area (TPSA) is 75.3 Å². The van der Waals surface area contributed by atoms with Crippen LogP contribution >= 0.6 is 0 Å². The molecule has 0 saturated heterocycles. The molecule has 1 aromatic carbocycles. The predicted octanol–water partition coefficient (Wildman–Crippen LogP) is 2.20. The van der Waals surface area contributed by atoms with Crippen molar-refractivity contribution in [3.8, 4) is 0 Å². The average Bonchev–Trinajstić information content (AvgIpc) is 2.38. The molecule has 1 amide bonds. The van der Waals surface area contributed by atoms with Crippen LogP contribution in [0.2, 0.25) is 0 Å². The summed E-state index contributed by atoms with van der Waals surface area (Å²) in [6, 6.07) is 6.79. The molecule has 0 radical (unpaired) electrons. The molecule has 0 fully saturated rings. The Labute approximate surface area is 127 Å². The largest absolute Gasteiger partial charge is 0.385 e. The van der Waals surface area contributed by atoms with Gasteiger partial charge in [-0.25, -0.2) is 8.42 Å². The Morgan fingerprint density at radius 3 is 2.33 bits per heavy atom. The highest BCUT2D eigenvalue weighted by Crippen LogP contribution is 2.16. The van der Waals surface area contributed by atoms with E-state index in [1.807, 2.05) is 20.8 Å². The van der Waals surface area contributed by atoms with Crippen molar-refractivity contribution < 1.29 is 13.2 Å². The van der Waals surface area contributed by atoms with Crippen LogP contribution in [0.1, 0.15) is 33.6 Å². The number of nitrogens with one attached hydrogen (secondary N) is 2. The molecule has 21 heavy (non-hydrogen) atoms. The summed E-state index contributed by atoms with van der Waals surface area (Å²) in [5, 5.41) is 5.92. The van der Waals surface area contributed by atoms with Gasteiger partial charge in [0, 0.05) is 24.7 Å². The van der Waals surface area contributed by atoms with Crippen LogP contribution in [0, 0.1) is 0 Å². The van der Waals surface area contributed by atoms with Gasteiger partial charge in [-0.1, -0.05) is 6.92 Å². The average molecular weight is 312 g/mol. The first-order chi connectivity index (χ1) is 9.85. The minimum atomic E-state index is -3.17. The van der Waals surface area contributed by atoms with Crippen molar-refractivity contribution >= 4 is 21.4 Å². The zero-order valence-corrected chi connectivity index (χ0v) is 13.7. The van der Waals surface area contributed by atoms with Gasteiger partial charge in [0.2, 0.25) is 5.91 Å². The van der Waals surface area contributed by atoms with Gasteiger partial charge in [-0.2, -0.15) is 0 Å². The molecule has 0 spiro atoms. The summed E-state index contributed by atoms with van der Waals surface area (Å²) in [6.45, 7) is 6.19. The summed E-state index contributed by atoms with van der Waals surface area (Å²) in [6.07, 6.45) is 0.987. The SMILES string of the molecule is CCCS(=O)(=O)c1ccc(NCCC(=O)NC(C)C)cc1. The van der Waals surface area contributed by atoms with Gasteiger partial charge >= 0.3 is 0 Å². The number of carbonyl (C=O) groups is 1. The number of rotatable bonds is 8. The highest BCUT2D eigenvalue weighted by molar-refractivity contribution is 7.91. The Balaban J connectivity index is 2.50. The third-order valence-corrected chi connectivity index (χ3v) is 4.75. The fourth-order valence-corrected chi connectivity index (χ4v) is 3.21. The highest BCUT2D eigenvalue weighted by atomic mass is 32.2. The first-order valence-corrected chi connectivity index (χ1v) is 8.86. The summed E-state index contributed by atoms with van der Waals surface area (Å²) >= 11 is 0. The van der Waals surface area contributed by atoms with Gasteiger partial charge in [-0.15, -0.1) is 0 Å². The van der Waals surface area contributed by atoms with Crippen LogP contribution < -0.4 is 10.6 Å². The van der Waals surface area contributed by atoms with Crippen LogP contribution in [0.4, 0.5) is 5.69 Å². The Bertz CT molecular complexity index is 551. The van der Waals surface area contributed by atoms with E-state index in [-0.39, 0.29) is 17.7 Å². The van der Waals surface area contributed by atoms with Crippen molar-refractivity contribution in [3.63, 3.8) is 0 Å². The Morgan fingerprint density at radius 1 is 1.19 bits per heavy atom. The van der Waals surface area contributed by atoms with E-state index in [2.05, 4.69) is 10.6 Å². The number of hydrogen-bond donors (Lipinski definition) is 2. The molecule has 6 heteroatoms. The highest BCUT2D eigenvalue weighted by Gasteiger charge is 2.12. The lowest BCUT2D eigenvalue weighted by atomic mass is 10.3. The lowest BCUT2D eigenvalue weighted by molar-refractivity contribution is -0.121. The first kappa shape index (κ1) is 17.5. The molecule has 0 unspecified atom stereocenters. The maximum absolute atomic E-state index is 11.9. The third kappa shape index (κ3) is 6.16. The maximum Gasteiger partial charge on any atom is 0.221 e. The fraction of sp³-hybridized carbons (Fsp3) is 0.533. The molecule has 0 heterocycles. The fourth-order valence-electron chi connectivity index (χ4n) is 1.88. The second-order valence-corrected chi connectivity index (χ2v) is 7.35. The molecular weight excluding hydrogens is 288 g/mol. The second kappa shape index (κ2) is 8.02. The van der Waals surface area contributed by atoms with Crippen LogP contribution in [0.25, 0.3) is 0 Å². The molecule has 0 saturated carbocycles. The van der Waals surface area contributed by atoms with Crippen LogP contribution in [0.15, 0.2) is 29.2 Å². The third-order valence-electron chi connectivity index (χ3n) is 2.82. The van der Waals surface area contributed by atoms with Crippen LogP contribution in [0.5, 0.6) is 0 Å². The quantitative estimate of drug-likeness (QED) is 0.771. The molecule has 1 rings (SSSR count). The van der Waals surface area contributed by atoms with Gasteiger partial charge in [0.1, 0.15) is 0 Å². The minimum Gasteiger partial charge on any atom is -0.385 e. The normalized spacial score (nSPS) is 11.4. The summed E-state index contributed by atoms with van der Waals surface area (Å²) in [5.41, 5.74) is 0.808. The lowest BCUT2D eigenvalue weighted by Gasteiger charge is -2.10. The van der Waals surface area contributed by atoms with Crippen molar-refractivity contribution in [2.45, 2.75) is 44.6 Å². The molecule has 0 aliphatic carbocycles. The zero-order chi connectivity index (χ0) is 15.9. The monoisotopic (exact) mass is 312 g/mol. The van der Waals surface area contributed by atoms with E-state index >= 15 is 0 Å². The molecule has 118 valence electrons. The maximum atomic E-state index is 11.9. The smallest absolute Gasteiger partial charge is 0.221 e. The lowest BCUT2D eigenvalue weighted by Crippen LogP contribution is -2.31. The van der Waals surface area contributed by atoms with Crippen LogP contribution in [-0.2, 0) is 14.6 Å². The molecular formula is C15H24N2O3S. The van der Waals surface area contributed by atoms with Gasteiger partial charge in [0.15, 0.2) is 9.84 Å². The number of amides is 1. The molecule has 0 atom stereocenters. The van der Waals surface area contributed by atoms with Gasteiger partial charge in [0.25, 0.3) is 0 Å². The van der Waals surface area contributed by atoms with Gasteiger partial charge in [-0.05, 0) is 44.5 Å². The van der Waals surface area contributed by atoms with Crippen LogP contribution in [0.3, 0.4) is 0 Å². The molecule has 0 aliphatic rings. The van der Waals surface area contributed by atoms with Crippen molar-refractivity contribution in [3.05, 3.63) is 24.3 Å². The van der Waals surface area contributed by atoms with Crippen molar-refractivity contribution in [2.75, 3.05) is 17.6 Å². The Hall–Kier alpha value is -1.56. The Morgan fingerprint density at radius 2 is 1.81 bits per heavy atom. The van der Waals surface area contributed by atoms with E-state index in [4.69, 9.17) is 0 Å². The molecule has 0 aliphatic heterocycles. The van der Waals surface area contributed by atoms with E-state index in [0.717, 1.165) is 5.69 Å². The zero-order valence-electron chi connectivity index (χ0n) is 12.8. The minimum absolute atomic E-state index is 0.000330. The standard InChI is InChI=1S/C15H24N2O3S/c1-4-11-21(19,20)14-7-5-13(6-8-14)16-10-9-15(18)17-12(2)3/h5-8,12,16H,4,9-11H2,1-3H3,(H,17,18). The summed E-state index contributed by atoms with van der Waals surface area (Å²) < 4.78 is 23.8. The number of anilines is 1. The number of carbonyl (C=O) groups excluding carboxylic acids is 1. The second-order valence-electron chi connectivity index (χ2n) is 5.24. The molecule has 2 N–H and O–H groups in total. The van der Waals surface area contributed by atoms with Crippen molar-refractivity contribution in [2.24, 2.45) is 0 Å². The first-order valence-electron chi connectivity index (χ1n) is 7.21. The van der Waals surface area contributed by atoms with Gasteiger partial charge < -0.3 is 10.6 Å². The van der Waals surface area contributed by atoms with E-state index in [0.29, 0.717) is 24.3 Å². The summed E-state index contributed by atoms with van der Waals surface area (Å²) in [5.74, 6) is 0.162. The van der Waals surface area contributed by atoms with Crippen LogP contribution in [-0.4, -0.2) is 32.7 Å². The molecule has 0 aromatic heterocycles. The van der Waals surface area contributed by atoms with E-state index < -0.39 is 9.84 Å². The van der Waals surface area contributed by atoms with E-state index in [9.17, 15) is 13.2 Å². The van der Waals surface area contributed by atoms with Gasteiger partial charge in [0.05, 0.1) is 10.6 Å². The van der Waals surface area contributed by atoms with E-state index in [1.54, 1.807) is 24.3 Å². The number of hydrogen-bond acceptors (Lipinski definition) is 4. The van der Waals surface area contributed by atoms with Gasteiger partial charge in [-0.3, -0.25) is 4.79 Å². The number of sulfone groups is 1. The van der Waals surface area contributed by atoms with Crippen molar-refractivity contribution in [1.29, 1.82) is 0 Å². The number of benzene rings is 1. The van der Waals surface area contributed by atoms with E-state index in [1.165, 1.54) is 0 Å². The van der Waals surface area contributed by atoms with Crippen molar-refractivity contribution in [1.82, 2.24) is 5.32 Å². The summed E-state index contributed by atoms with van der Waals surface area (Å²) in [4.78, 5) is 11.8.